The Bertz CT molecular complexity index is 3310. The average Bonchev–Trinajstić information content (AvgIpc) is 3.83. The molecule has 54 heavy (non-hydrogen) atoms. The Morgan fingerprint density at radius 2 is 1.28 bits per heavy atom. The molecular weight excluding hydrogens is 665 g/mol. The summed E-state index contributed by atoms with van der Waals surface area (Å²) in [5.41, 5.74) is 2.12. The fraction of sp³-hybridized carbons (Fsp3) is 0.0833. The Morgan fingerprint density at radius 3 is 2.00 bits per heavy atom. The molecular formula is C48H38N4O2. The molecule has 0 fully saturated rings. The van der Waals surface area contributed by atoms with E-state index in [1.807, 2.05) is 42.6 Å². The first kappa shape index (κ1) is 23.6. The molecule has 3 heterocycles. The van der Waals surface area contributed by atoms with Crippen LogP contribution < -0.4 is 10.4 Å². The smallest absolute Gasteiger partial charge is 0.337 e. The lowest BCUT2D eigenvalue weighted by Gasteiger charge is -2.20. The van der Waals surface area contributed by atoms with Crippen LogP contribution in [0.2, 0.25) is 0 Å². The Labute approximate surface area is 327 Å². The van der Waals surface area contributed by atoms with Crippen LogP contribution in [0.4, 0.5) is 0 Å². The van der Waals surface area contributed by atoms with Crippen LogP contribution in [0.1, 0.15) is 40.0 Å². The van der Waals surface area contributed by atoms with Gasteiger partial charge in [0.25, 0.3) is 0 Å². The van der Waals surface area contributed by atoms with Crippen LogP contribution in [-0.2, 0) is 5.41 Å². The SMILES string of the molecule is [2H]c1c([2H])c([2H])c(-c2cccc(-c3c([2H])c([2H])c([2H])c([2H])c3[2H])c2-n2ccn(-c3cccc(Oc4ccc5c6ccccc6n(-c6cc(C(C)(C)C)ccn6)c5c4)c3)c2=O)c([2H])c1[2H]. The van der Waals surface area contributed by atoms with Gasteiger partial charge < -0.3 is 4.74 Å². The highest BCUT2D eigenvalue weighted by Crippen LogP contribution is 2.37. The number of para-hydroxylation sites is 2. The number of pyridine rings is 1. The minimum absolute atomic E-state index is 0.00591. The second kappa shape index (κ2) is 13.2. The molecule has 6 nitrogen and oxygen atoms in total. The van der Waals surface area contributed by atoms with E-state index in [0.717, 1.165) is 33.2 Å². The molecule has 0 aliphatic carbocycles. The third-order valence-corrected chi connectivity index (χ3v) is 9.41. The van der Waals surface area contributed by atoms with Gasteiger partial charge in [0.15, 0.2) is 0 Å². The summed E-state index contributed by atoms with van der Waals surface area (Å²) in [6, 6.07) is 23.5. The summed E-state index contributed by atoms with van der Waals surface area (Å²) in [5, 5.41) is 2.07. The summed E-state index contributed by atoms with van der Waals surface area (Å²) in [6.45, 7) is 6.48. The van der Waals surface area contributed by atoms with Gasteiger partial charge in [-0.1, -0.05) is 124 Å². The van der Waals surface area contributed by atoms with Gasteiger partial charge >= 0.3 is 5.69 Å². The van der Waals surface area contributed by atoms with Crippen molar-refractivity contribution in [1.82, 2.24) is 18.7 Å². The largest absolute Gasteiger partial charge is 0.457 e. The van der Waals surface area contributed by atoms with Crippen molar-refractivity contribution in [3.8, 4) is 50.9 Å². The summed E-state index contributed by atoms with van der Waals surface area (Å²) in [4.78, 5) is 19.5. The number of ether oxygens (including phenoxy) is 1. The molecule has 6 aromatic carbocycles. The van der Waals surface area contributed by atoms with E-state index in [1.54, 1.807) is 24.3 Å². The Hall–Kier alpha value is -6.92. The summed E-state index contributed by atoms with van der Waals surface area (Å²) < 4.78 is 96.3. The third kappa shape index (κ3) is 5.88. The van der Waals surface area contributed by atoms with Gasteiger partial charge in [0.2, 0.25) is 0 Å². The second-order valence-corrected chi connectivity index (χ2v) is 13.8. The highest BCUT2D eigenvalue weighted by molar-refractivity contribution is 6.09. The zero-order chi connectivity index (χ0) is 45.5. The van der Waals surface area contributed by atoms with Crippen molar-refractivity contribution in [1.29, 1.82) is 0 Å². The number of benzene rings is 6. The number of aromatic nitrogens is 4. The molecule has 0 saturated heterocycles. The maximum Gasteiger partial charge on any atom is 0.337 e. The quantitative estimate of drug-likeness (QED) is 0.165. The van der Waals surface area contributed by atoms with Crippen molar-refractivity contribution in [3.05, 3.63) is 192 Å². The molecule has 0 bridgehead atoms. The third-order valence-electron chi connectivity index (χ3n) is 9.41. The van der Waals surface area contributed by atoms with Crippen LogP contribution in [0.25, 0.3) is 61.3 Å². The number of hydrogen-bond acceptors (Lipinski definition) is 3. The molecule has 0 unspecified atom stereocenters. The molecule has 6 heteroatoms. The lowest BCUT2D eigenvalue weighted by molar-refractivity contribution is 0.483. The fourth-order valence-electron chi connectivity index (χ4n) is 6.82. The Balaban J connectivity index is 1.17. The summed E-state index contributed by atoms with van der Waals surface area (Å²) in [5.74, 6) is 1.71. The van der Waals surface area contributed by atoms with Gasteiger partial charge in [-0.3, -0.25) is 13.7 Å². The van der Waals surface area contributed by atoms with Crippen LogP contribution in [-0.4, -0.2) is 18.7 Å². The monoisotopic (exact) mass is 712 g/mol. The van der Waals surface area contributed by atoms with E-state index in [-0.39, 0.29) is 33.4 Å². The standard InChI is InChI=1S/C48H38N4O2/c1-48(2,3)35-26-27-49-45(30-35)52-43-23-11-10-20-41(43)42-25-24-38(32-44(42)52)54-37-19-12-18-36(31-37)50-28-29-51(47(50)53)46-39(33-14-6-4-7-15-33)21-13-22-40(46)34-16-8-5-9-17-34/h4-32H,1-3H3/i4D,5D,6D,7D,8D,9D,14D,15D,16D,17D. The minimum Gasteiger partial charge on any atom is -0.457 e. The number of hydrogen-bond donors (Lipinski definition) is 0. The van der Waals surface area contributed by atoms with Gasteiger partial charge in [0.1, 0.15) is 17.3 Å². The number of nitrogens with zero attached hydrogens (tertiary/aromatic N) is 4. The van der Waals surface area contributed by atoms with Gasteiger partial charge in [-0.2, -0.15) is 0 Å². The Kier molecular flexibility index (Phi) is 5.79. The van der Waals surface area contributed by atoms with Crippen LogP contribution in [0.3, 0.4) is 0 Å². The topological polar surface area (TPSA) is 54.0 Å². The van der Waals surface area contributed by atoms with Crippen LogP contribution in [0.15, 0.2) is 181 Å². The van der Waals surface area contributed by atoms with Crippen LogP contribution in [0, 0.1) is 0 Å². The summed E-state index contributed by atoms with van der Waals surface area (Å²) in [7, 11) is 0. The molecule has 0 spiro atoms. The van der Waals surface area contributed by atoms with Gasteiger partial charge in [0.05, 0.1) is 36.1 Å². The van der Waals surface area contributed by atoms with Crippen molar-refractivity contribution in [2.75, 3.05) is 0 Å². The maximum absolute atomic E-state index is 14.7. The normalized spacial score (nSPS) is 14.3. The van der Waals surface area contributed by atoms with E-state index in [4.69, 9.17) is 23.4 Å². The first-order valence-corrected chi connectivity index (χ1v) is 17.3. The number of imidazole rings is 1. The summed E-state index contributed by atoms with van der Waals surface area (Å²) in [6.07, 6.45) is 4.72. The highest BCUT2D eigenvalue weighted by atomic mass is 16.5. The molecule has 0 N–H and O–H groups in total. The minimum atomic E-state index is -0.665. The molecule has 9 aromatic rings. The van der Waals surface area contributed by atoms with Crippen molar-refractivity contribution < 1.29 is 18.4 Å². The fourth-order valence-corrected chi connectivity index (χ4v) is 6.82. The highest BCUT2D eigenvalue weighted by Gasteiger charge is 2.20. The number of fused-ring (bicyclic) bond motifs is 3. The van der Waals surface area contributed by atoms with Gasteiger partial charge in [-0.25, -0.2) is 9.78 Å². The van der Waals surface area contributed by atoms with Crippen LogP contribution in [0.5, 0.6) is 11.5 Å². The van der Waals surface area contributed by atoms with E-state index >= 15 is 0 Å². The van der Waals surface area contributed by atoms with Crippen molar-refractivity contribution in [3.63, 3.8) is 0 Å². The Morgan fingerprint density at radius 1 is 0.630 bits per heavy atom. The van der Waals surface area contributed by atoms with Gasteiger partial charge in [-0.05, 0) is 64.6 Å². The van der Waals surface area contributed by atoms with Crippen molar-refractivity contribution >= 4 is 21.8 Å². The predicted octanol–water partition coefficient (Wildman–Crippen LogP) is 11.5. The lowest BCUT2D eigenvalue weighted by atomic mass is 9.88. The van der Waals surface area contributed by atoms with Crippen molar-refractivity contribution in [2.24, 2.45) is 0 Å². The molecule has 0 amide bonds. The second-order valence-electron chi connectivity index (χ2n) is 13.8. The molecule has 0 aliphatic rings. The predicted molar refractivity (Wildman–Crippen MR) is 220 cm³/mol. The summed E-state index contributed by atoms with van der Waals surface area (Å²) >= 11 is 0. The molecule has 262 valence electrons. The molecule has 9 rings (SSSR count). The maximum atomic E-state index is 14.7. The van der Waals surface area contributed by atoms with E-state index in [2.05, 4.69) is 43.5 Å². The molecule has 3 aromatic heterocycles. The first-order chi connectivity index (χ1) is 30.5. The van der Waals surface area contributed by atoms with E-state index in [1.165, 1.54) is 39.7 Å². The number of rotatable bonds is 7. The zero-order valence-corrected chi connectivity index (χ0v) is 29.6. The molecule has 0 radical (unpaired) electrons. The van der Waals surface area contributed by atoms with Gasteiger partial charge in [0, 0.05) is 52.6 Å². The van der Waals surface area contributed by atoms with Crippen molar-refractivity contribution in [2.45, 2.75) is 26.2 Å². The zero-order valence-electron chi connectivity index (χ0n) is 39.6. The van der Waals surface area contributed by atoms with E-state index in [9.17, 15) is 4.79 Å². The molecule has 0 aliphatic heterocycles. The van der Waals surface area contributed by atoms with Gasteiger partial charge in [-0.15, -0.1) is 0 Å². The van der Waals surface area contributed by atoms with Crippen LogP contribution >= 0.6 is 0 Å². The molecule has 0 atom stereocenters. The first-order valence-electron chi connectivity index (χ1n) is 22.3. The van der Waals surface area contributed by atoms with E-state index < -0.39 is 66.1 Å². The lowest BCUT2D eigenvalue weighted by Crippen LogP contribution is -2.22. The van der Waals surface area contributed by atoms with E-state index in [0.29, 0.717) is 17.2 Å². The molecule has 0 saturated carbocycles. The average molecular weight is 713 g/mol.